The minimum absolute atomic E-state index is 0.0342. The highest BCUT2D eigenvalue weighted by Gasteiger charge is 2.32. The quantitative estimate of drug-likeness (QED) is 0.479. The van der Waals surface area contributed by atoms with Crippen molar-refractivity contribution in [3.05, 3.63) is 53.6 Å². The van der Waals surface area contributed by atoms with Gasteiger partial charge in [0.25, 0.3) is 15.9 Å². The van der Waals surface area contributed by atoms with E-state index in [1.165, 1.54) is 29.6 Å². The summed E-state index contributed by atoms with van der Waals surface area (Å²) in [4.78, 5) is 27.2. The van der Waals surface area contributed by atoms with E-state index in [9.17, 15) is 18.0 Å². The van der Waals surface area contributed by atoms with Gasteiger partial charge < -0.3 is 14.4 Å². The van der Waals surface area contributed by atoms with E-state index in [1.807, 2.05) is 19.1 Å². The zero-order chi connectivity index (χ0) is 24.3. The van der Waals surface area contributed by atoms with Crippen LogP contribution in [0.5, 0.6) is 5.75 Å². The van der Waals surface area contributed by atoms with E-state index in [1.54, 1.807) is 17.0 Å². The fourth-order valence-electron chi connectivity index (χ4n) is 4.19. The van der Waals surface area contributed by atoms with Crippen LogP contribution in [0.2, 0.25) is 0 Å². The van der Waals surface area contributed by atoms with Gasteiger partial charge in [-0.2, -0.15) is 0 Å². The van der Waals surface area contributed by atoms with Crippen LogP contribution >= 0.6 is 0 Å². The Bertz CT molecular complexity index is 1180. The molecule has 2 aromatic rings. The zero-order valence-electron chi connectivity index (χ0n) is 19.5. The van der Waals surface area contributed by atoms with Crippen LogP contribution in [0.15, 0.2) is 47.4 Å². The molecule has 1 aliphatic carbocycles. The summed E-state index contributed by atoms with van der Waals surface area (Å²) >= 11 is 0. The van der Waals surface area contributed by atoms with E-state index >= 15 is 0 Å². The Hall–Kier alpha value is -3.07. The Balaban J connectivity index is 1.52. The van der Waals surface area contributed by atoms with Crippen molar-refractivity contribution < 1.29 is 27.5 Å². The zero-order valence-corrected chi connectivity index (χ0v) is 20.3. The Kier molecular flexibility index (Phi) is 7.11. The highest BCUT2D eigenvalue weighted by Crippen LogP contribution is 2.34. The Morgan fingerprint density at radius 2 is 1.91 bits per heavy atom. The van der Waals surface area contributed by atoms with Crippen LogP contribution in [0, 0.1) is 5.92 Å². The van der Waals surface area contributed by atoms with Gasteiger partial charge in [-0.05, 0) is 61.4 Å². The van der Waals surface area contributed by atoms with Crippen molar-refractivity contribution in [2.75, 3.05) is 37.7 Å². The van der Waals surface area contributed by atoms with Crippen molar-refractivity contribution in [2.45, 2.75) is 37.5 Å². The van der Waals surface area contributed by atoms with Crippen LogP contribution in [0.3, 0.4) is 0 Å². The summed E-state index contributed by atoms with van der Waals surface area (Å²) in [7, 11) is -2.51. The molecule has 4 rings (SSSR count). The van der Waals surface area contributed by atoms with Gasteiger partial charge in [0.15, 0.2) is 6.61 Å². The predicted molar refractivity (Wildman–Crippen MR) is 128 cm³/mol. The second-order valence-electron chi connectivity index (χ2n) is 8.68. The molecular weight excluding hydrogens is 456 g/mol. The van der Waals surface area contributed by atoms with Crippen LogP contribution in [0.1, 0.15) is 42.1 Å². The molecule has 1 saturated carbocycles. The number of nitrogens with zero attached hydrogens (tertiary/aromatic N) is 2. The second kappa shape index (κ2) is 10.0. The Morgan fingerprint density at radius 1 is 1.15 bits per heavy atom. The molecule has 2 aromatic carbocycles. The molecule has 0 saturated heterocycles. The van der Waals surface area contributed by atoms with Crippen LogP contribution in [-0.4, -0.2) is 58.5 Å². The van der Waals surface area contributed by atoms with Crippen LogP contribution in [0.4, 0.5) is 5.69 Å². The van der Waals surface area contributed by atoms with Crippen molar-refractivity contribution in [3.8, 4) is 5.75 Å². The first kappa shape index (κ1) is 24.1. The number of hydrogen-bond donors (Lipinski definition) is 0. The highest BCUT2D eigenvalue weighted by molar-refractivity contribution is 7.92. The average Bonchev–Trinajstić information content (AvgIpc) is 3.55. The molecule has 8 nitrogen and oxygen atoms in total. The van der Waals surface area contributed by atoms with Crippen LogP contribution in [0.25, 0.3) is 0 Å². The lowest BCUT2D eigenvalue weighted by molar-refractivity contribution is -0.134. The third kappa shape index (κ3) is 5.04. The van der Waals surface area contributed by atoms with E-state index in [-0.39, 0.29) is 22.1 Å². The van der Waals surface area contributed by atoms with Gasteiger partial charge in [-0.1, -0.05) is 25.1 Å². The number of rotatable bonds is 10. The number of ether oxygens (including phenoxy) is 2. The van der Waals surface area contributed by atoms with Crippen LogP contribution < -0.4 is 9.04 Å². The fourth-order valence-corrected chi connectivity index (χ4v) is 5.72. The number of sulfonamides is 1. The van der Waals surface area contributed by atoms with Gasteiger partial charge in [0.1, 0.15) is 11.3 Å². The molecule has 9 heteroatoms. The van der Waals surface area contributed by atoms with Gasteiger partial charge in [-0.3, -0.25) is 9.10 Å². The fraction of sp³-hybridized carbons (Fsp3) is 0.440. The summed E-state index contributed by atoms with van der Waals surface area (Å²) in [6.45, 7) is 3.22. The lowest BCUT2D eigenvalue weighted by atomic mass is 10.2. The molecule has 182 valence electrons. The smallest absolute Gasteiger partial charge is 0.342 e. The minimum Gasteiger partial charge on any atom is -0.496 e. The molecule has 0 bridgehead atoms. The molecule has 1 heterocycles. The molecule has 0 atom stereocenters. The molecule has 0 aromatic heterocycles. The number of methoxy groups -OCH3 is 1. The molecular formula is C25H30N2O6S. The number of esters is 1. The topological polar surface area (TPSA) is 93.2 Å². The first-order valence-corrected chi connectivity index (χ1v) is 13.0. The first-order valence-electron chi connectivity index (χ1n) is 11.6. The molecule has 0 N–H and O–H groups in total. The van der Waals surface area contributed by atoms with E-state index in [0.29, 0.717) is 37.7 Å². The van der Waals surface area contributed by atoms with E-state index in [0.717, 1.165) is 24.8 Å². The summed E-state index contributed by atoms with van der Waals surface area (Å²) in [5.74, 6) is -0.337. The lowest BCUT2D eigenvalue weighted by Crippen LogP contribution is -2.36. The summed E-state index contributed by atoms with van der Waals surface area (Å²) in [5, 5.41) is 0. The van der Waals surface area contributed by atoms with Gasteiger partial charge in [0, 0.05) is 19.6 Å². The summed E-state index contributed by atoms with van der Waals surface area (Å²) in [5.41, 5.74) is 1.56. The molecule has 34 heavy (non-hydrogen) atoms. The molecule has 1 fully saturated rings. The van der Waals surface area contributed by atoms with E-state index in [2.05, 4.69) is 0 Å². The van der Waals surface area contributed by atoms with Gasteiger partial charge >= 0.3 is 5.97 Å². The maximum Gasteiger partial charge on any atom is 0.342 e. The van der Waals surface area contributed by atoms with E-state index < -0.39 is 22.6 Å². The van der Waals surface area contributed by atoms with Gasteiger partial charge in [-0.25, -0.2) is 13.2 Å². The Morgan fingerprint density at radius 3 is 2.62 bits per heavy atom. The molecule has 0 spiro atoms. The van der Waals surface area contributed by atoms with Crippen molar-refractivity contribution in [1.82, 2.24) is 4.90 Å². The molecule has 0 unspecified atom stereocenters. The molecule has 1 amide bonds. The SMILES string of the molecule is CCCN(CC1CC1)C(=O)COC(=O)c1cc(S(=O)(=O)N2CCc3ccccc32)ccc1OC. The second-order valence-corrected chi connectivity index (χ2v) is 10.5. The number of amides is 1. The number of carbonyl (C=O) groups excluding carboxylic acids is 2. The van der Waals surface area contributed by atoms with Crippen molar-refractivity contribution in [2.24, 2.45) is 5.92 Å². The largest absolute Gasteiger partial charge is 0.496 e. The number of hydrogen-bond acceptors (Lipinski definition) is 6. The maximum atomic E-state index is 13.4. The monoisotopic (exact) mass is 486 g/mol. The third-order valence-corrected chi connectivity index (χ3v) is 7.98. The molecule has 1 aliphatic heterocycles. The number of anilines is 1. The predicted octanol–water partition coefficient (Wildman–Crippen LogP) is 3.25. The maximum absolute atomic E-state index is 13.4. The van der Waals surface area contributed by atoms with Crippen molar-refractivity contribution in [3.63, 3.8) is 0 Å². The van der Waals surface area contributed by atoms with Crippen molar-refractivity contribution in [1.29, 1.82) is 0 Å². The summed E-state index contributed by atoms with van der Waals surface area (Å²) in [6, 6.07) is 11.5. The Labute approximate surface area is 200 Å². The number of fused-ring (bicyclic) bond motifs is 1. The number of para-hydroxylation sites is 1. The normalized spacial score (nSPS) is 15.1. The summed E-state index contributed by atoms with van der Waals surface area (Å²) < 4.78 is 38.7. The molecule has 0 radical (unpaired) electrons. The standard InChI is InChI=1S/C25H30N2O6S/c1-3-13-26(16-18-8-9-18)24(28)17-33-25(29)21-15-20(10-11-23(21)32-2)34(30,31)27-14-12-19-6-4-5-7-22(19)27/h4-7,10-11,15,18H,3,8-9,12-14,16-17H2,1-2H3. The van der Waals surface area contributed by atoms with Gasteiger partial charge in [0.2, 0.25) is 0 Å². The molecule has 2 aliphatic rings. The van der Waals surface area contributed by atoms with Gasteiger partial charge in [-0.15, -0.1) is 0 Å². The lowest BCUT2D eigenvalue weighted by Gasteiger charge is -2.22. The summed E-state index contributed by atoms with van der Waals surface area (Å²) in [6.07, 6.45) is 3.68. The van der Waals surface area contributed by atoms with E-state index in [4.69, 9.17) is 9.47 Å². The first-order chi connectivity index (χ1) is 16.3. The van der Waals surface area contributed by atoms with Gasteiger partial charge in [0.05, 0.1) is 17.7 Å². The number of benzene rings is 2. The van der Waals surface area contributed by atoms with Crippen molar-refractivity contribution >= 4 is 27.6 Å². The third-order valence-electron chi connectivity index (χ3n) is 6.17. The highest BCUT2D eigenvalue weighted by atomic mass is 32.2. The minimum atomic E-state index is -3.90. The number of carbonyl (C=O) groups is 2. The average molecular weight is 487 g/mol. The van der Waals surface area contributed by atoms with Crippen LogP contribution in [-0.2, 0) is 26.0 Å².